The summed E-state index contributed by atoms with van der Waals surface area (Å²) in [6, 6.07) is 6.15. The van der Waals surface area contributed by atoms with E-state index >= 15 is 4.39 Å². The lowest BCUT2D eigenvalue weighted by Crippen LogP contribution is -2.36. The maximum absolute atomic E-state index is 15.1. The van der Waals surface area contributed by atoms with Crippen LogP contribution in [0.2, 0.25) is 5.28 Å². The van der Waals surface area contributed by atoms with Crippen molar-refractivity contribution in [2.45, 2.75) is 57.5 Å². The number of halogens is 2. The summed E-state index contributed by atoms with van der Waals surface area (Å²) in [5.74, 6) is -0.951. The summed E-state index contributed by atoms with van der Waals surface area (Å²) in [5, 5.41) is 12.4. The van der Waals surface area contributed by atoms with Gasteiger partial charge in [-0.15, -0.1) is 0 Å². The van der Waals surface area contributed by atoms with E-state index in [9.17, 15) is 23.9 Å². The number of fused-ring (bicyclic) bond motifs is 1. The Morgan fingerprint density at radius 1 is 1.26 bits per heavy atom. The van der Waals surface area contributed by atoms with Crippen molar-refractivity contribution < 1.29 is 51.1 Å². The largest absolute Gasteiger partial charge is 0.481 e. The van der Waals surface area contributed by atoms with E-state index in [1.807, 2.05) is 0 Å². The second kappa shape index (κ2) is 12.9. The molecule has 6 unspecified atom stereocenters. The second-order valence-electron chi connectivity index (χ2n) is 9.29. The van der Waals surface area contributed by atoms with Crippen LogP contribution >= 0.6 is 27.2 Å². The fourth-order valence-corrected chi connectivity index (χ4v) is 6.94. The molecule has 3 heterocycles. The zero-order chi connectivity index (χ0) is 30.8. The van der Waals surface area contributed by atoms with Crippen LogP contribution in [-0.4, -0.2) is 72.6 Å². The zero-order valence-electron chi connectivity index (χ0n) is 22.3. The Kier molecular flexibility index (Phi) is 9.87. The van der Waals surface area contributed by atoms with E-state index in [0.717, 1.165) is 10.9 Å². The highest BCUT2D eigenvalue weighted by Gasteiger charge is 2.48. The van der Waals surface area contributed by atoms with E-state index in [2.05, 4.69) is 20.0 Å². The number of nitrogens with one attached hydrogen (secondary N) is 1. The molecule has 7 atom stereocenters. The van der Waals surface area contributed by atoms with E-state index < -0.39 is 64.9 Å². The standard InChI is InChI=1S/C22H28ClFN6O10P2/c1-11(2)37-21(32)12(3)29-41(33,39-13-7-5-4-6-8-13)40-42(34,35)36-9-14-17(31)15(24)20(38-14)30-10-26-16-18(25)27-22(23)28-19(16)30/h4-8,10-12,14-15,17,20,31H,9H2,1-3H3,(H,29,33)(H,34,35)(H2,25,27,28)/t12-,14?,15?,17?,20?,41?/m0/s1. The number of hydrogen-bond acceptors (Lipinski definition) is 13. The molecule has 3 aromatic rings. The van der Waals surface area contributed by atoms with Crippen molar-refractivity contribution in [3.8, 4) is 5.75 Å². The van der Waals surface area contributed by atoms with E-state index in [-0.39, 0.29) is 28.0 Å². The molecular weight excluding hydrogens is 625 g/mol. The summed E-state index contributed by atoms with van der Waals surface area (Å²) in [5.41, 5.74) is 5.89. The number of hydrogen-bond donors (Lipinski definition) is 4. The minimum absolute atomic E-state index is 0.0141. The molecule has 20 heteroatoms. The molecule has 1 aliphatic heterocycles. The van der Waals surface area contributed by atoms with Gasteiger partial charge in [-0.25, -0.2) is 18.5 Å². The number of benzene rings is 1. The van der Waals surface area contributed by atoms with Gasteiger partial charge in [-0.2, -0.15) is 19.4 Å². The van der Waals surface area contributed by atoms with Crippen molar-refractivity contribution in [3.63, 3.8) is 0 Å². The van der Waals surface area contributed by atoms with Crippen LogP contribution in [-0.2, 0) is 32.2 Å². The number of esters is 1. The van der Waals surface area contributed by atoms with E-state index in [1.54, 1.807) is 19.9 Å². The summed E-state index contributed by atoms with van der Waals surface area (Å²) in [6.45, 7) is 3.56. The van der Waals surface area contributed by atoms with Crippen LogP contribution in [0.4, 0.5) is 10.2 Å². The maximum atomic E-state index is 15.1. The van der Waals surface area contributed by atoms with Gasteiger partial charge in [-0.3, -0.25) is 13.9 Å². The molecule has 0 saturated carbocycles. The first-order valence-corrected chi connectivity index (χ1v) is 15.7. The van der Waals surface area contributed by atoms with Crippen LogP contribution in [0.1, 0.15) is 27.0 Å². The first-order valence-electron chi connectivity index (χ1n) is 12.3. The average molecular weight is 653 g/mol. The molecule has 1 aromatic carbocycles. The number of phosphoric ester groups is 1. The lowest BCUT2D eigenvalue weighted by molar-refractivity contribution is -0.149. The molecule has 42 heavy (non-hydrogen) atoms. The predicted molar refractivity (Wildman–Crippen MR) is 145 cm³/mol. The van der Waals surface area contributed by atoms with Gasteiger partial charge < -0.3 is 29.7 Å². The highest BCUT2D eigenvalue weighted by Crippen LogP contribution is 2.60. The first kappa shape index (κ1) is 32.2. The van der Waals surface area contributed by atoms with Gasteiger partial charge in [0.05, 0.1) is 19.0 Å². The average Bonchev–Trinajstić information content (AvgIpc) is 3.43. The SMILES string of the molecule is CC(C)OC(=O)[C@H](C)NP(=O)(Oc1ccccc1)OP(=O)(O)OCC1OC(n2cnc3c(N)nc(Cl)nc32)C(F)C1O. The highest BCUT2D eigenvalue weighted by atomic mass is 35.5. The van der Waals surface area contributed by atoms with E-state index in [0.29, 0.717) is 0 Å². The Morgan fingerprint density at radius 3 is 2.62 bits per heavy atom. The van der Waals surface area contributed by atoms with Crippen molar-refractivity contribution in [1.29, 1.82) is 0 Å². The van der Waals surface area contributed by atoms with Crippen LogP contribution in [0, 0.1) is 0 Å². The molecular formula is C22H28ClFN6O10P2. The minimum Gasteiger partial charge on any atom is -0.462 e. The van der Waals surface area contributed by atoms with Crippen LogP contribution in [0.5, 0.6) is 5.75 Å². The lowest BCUT2D eigenvalue weighted by Gasteiger charge is -2.25. The Bertz CT molecular complexity index is 1520. The topological polar surface area (TPSA) is 219 Å². The number of aliphatic hydroxyl groups excluding tert-OH is 1. The lowest BCUT2D eigenvalue weighted by atomic mass is 10.1. The molecule has 1 fully saturated rings. The highest BCUT2D eigenvalue weighted by molar-refractivity contribution is 7.63. The number of alkyl halides is 1. The van der Waals surface area contributed by atoms with Crippen molar-refractivity contribution in [2.75, 3.05) is 12.3 Å². The Labute approximate surface area is 243 Å². The Morgan fingerprint density at radius 2 is 1.95 bits per heavy atom. The number of carbonyl (C=O) groups is 1. The van der Waals surface area contributed by atoms with Gasteiger partial charge in [-0.05, 0) is 44.5 Å². The molecule has 5 N–H and O–H groups in total. The number of ether oxygens (including phenoxy) is 2. The number of nitrogen functional groups attached to an aromatic ring is 1. The number of anilines is 1. The van der Waals surface area contributed by atoms with E-state index in [1.165, 1.54) is 31.2 Å². The van der Waals surface area contributed by atoms with Crippen molar-refractivity contribution >= 4 is 50.1 Å². The van der Waals surface area contributed by atoms with Crippen molar-refractivity contribution in [3.05, 3.63) is 41.9 Å². The quantitative estimate of drug-likeness (QED) is 0.125. The number of rotatable bonds is 12. The van der Waals surface area contributed by atoms with Crippen molar-refractivity contribution in [1.82, 2.24) is 24.6 Å². The number of nitrogens with two attached hydrogens (primary N) is 1. The summed E-state index contributed by atoms with van der Waals surface area (Å²) in [6.07, 6.45) is -6.31. The van der Waals surface area contributed by atoms with Gasteiger partial charge >= 0.3 is 21.5 Å². The molecule has 1 aliphatic rings. The third-order valence-electron chi connectivity index (χ3n) is 5.63. The van der Waals surface area contributed by atoms with Crippen LogP contribution in [0.15, 0.2) is 36.7 Å². The summed E-state index contributed by atoms with van der Waals surface area (Å²) >= 11 is 5.84. The summed E-state index contributed by atoms with van der Waals surface area (Å²) < 4.78 is 68.3. The third kappa shape index (κ3) is 7.61. The molecule has 230 valence electrons. The van der Waals surface area contributed by atoms with Crippen LogP contribution in [0.25, 0.3) is 11.2 Å². The van der Waals surface area contributed by atoms with Crippen LogP contribution < -0.4 is 15.3 Å². The minimum atomic E-state index is -5.29. The number of para-hydroxylation sites is 1. The molecule has 0 bridgehead atoms. The van der Waals surface area contributed by atoms with Crippen molar-refractivity contribution in [2.24, 2.45) is 0 Å². The summed E-state index contributed by atoms with van der Waals surface area (Å²) in [4.78, 5) is 34.4. The second-order valence-corrected chi connectivity index (χ2v) is 12.9. The molecule has 0 spiro atoms. The number of nitrogens with zero attached hydrogens (tertiary/aromatic N) is 4. The van der Waals surface area contributed by atoms with Gasteiger partial charge in [0.2, 0.25) is 5.28 Å². The third-order valence-corrected chi connectivity index (χ3v) is 9.11. The van der Waals surface area contributed by atoms with Gasteiger partial charge in [0.1, 0.15) is 29.5 Å². The van der Waals surface area contributed by atoms with Crippen LogP contribution in [0.3, 0.4) is 0 Å². The molecule has 1 saturated heterocycles. The molecule has 0 radical (unpaired) electrons. The Balaban J connectivity index is 1.47. The van der Waals surface area contributed by atoms with Gasteiger partial charge in [0.25, 0.3) is 0 Å². The smallest absolute Gasteiger partial charge is 0.462 e. The molecule has 0 amide bonds. The monoisotopic (exact) mass is 652 g/mol. The number of aromatic nitrogens is 4. The first-order chi connectivity index (χ1) is 19.7. The van der Waals surface area contributed by atoms with Gasteiger partial charge in [-0.1, -0.05) is 18.2 Å². The van der Waals surface area contributed by atoms with Gasteiger partial charge in [0, 0.05) is 0 Å². The van der Waals surface area contributed by atoms with Gasteiger partial charge in [0.15, 0.2) is 23.9 Å². The molecule has 4 rings (SSSR count). The molecule has 0 aliphatic carbocycles. The normalized spacial score (nSPS) is 24.3. The maximum Gasteiger partial charge on any atom is 0.481 e. The number of carbonyl (C=O) groups excluding carboxylic acids is 1. The summed E-state index contributed by atoms with van der Waals surface area (Å²) in [7, 11) is -10.1. The predicted octanol–water partition coefficient (Wildman–Crippen LogP) is 2.91. The molecule has 16 nitrogen and oxygen atoms in total. The Hall–Kier alpha value is -2.72. The zero-order valence-corrected chi connectivity index (χ0v) is 24.9. The number of phosphoric acid groups is 1. The number of imidazole rings is 1. The fraction of sp³-hybridized carbons (Fsp3) is 0.455. The molecule has 2 aromatic heterocycles. The van der Waals surface area contributed by atoms with E-state index in [4.69, 9.17) is 40.2 Å². The number of aliphatic hydroxyl groups is 1. The fourth-order valence-electron chi connectivity index (χ4n) is 3.80.